The van der Waals surface area contributed by atoms with E-state index < -0.39 is 0 Å². The Kier molecular flexibility index (Phi) is 3.59. The maximum atomic E-state index is 4.42. The van der Waals surface area contributed by atoms with Crippen LogP contribution in [0.25, 0.3) is 0 Å². The maximum Gasteiger partial charge on any atom is 0.128 e. The van der Waals surface area contributed by atoms with Crippen molar-refractivity contribution in [3.05, 3.63) is 53.7 Å². The van der Waals surface area contributed by atoms with Gasteiger partial charge in [0.15, 0.2) is 0 Å². The summed E-state index contributed by atoms with van der Waals surface area (Å²) in [6, 6.07) is 12.9. The number of pyridine rings is 1. The summed E-state index contributed by atoms with van der Waals surface area (Å²) in [6.07, 6.45) is 4.58. The fourth-order valence-electron chi connectivity index (χ4n) is 2.44. The Hall–Kier alpha value is -2.03. The van der Waals surface area contributed by atoms with Crippen molar-refractivity contribution >= 4 is 11.5 Å². The number of nitrogens with zero attached hydrogens (tertiary/aromatic N) is 2. The molecule has 20 heavy (non-hydrogen) atoms. The molecule has 1 heterocycles. The summed E-state index contributed by atoms with van der Waals surface area (Å²) in [4.78, 5) is 6.43. The molecule has 0 saturated heterocycles. The van der Waals surface area contributed by atoms with Gasteiger partial charge in [0.2, 0.25) is 0 Å². The zero-order valence-electron chi connectivity index (χ0n) is 12.1. The molecule has 0 atom stereocenters. The molecule has 1 saturated carbocycles. The molecule has 0 unspecified atom stereocenters. The highest BCUT2D eigenvalue weighted by molar-refractivity contribution is 5.48. The van der Waals surface area contributed by atoms with Gasteiger partial charge in [-0.3, -0.25) is 0 Å². The lowest BCUT2D eigenvalue weighted by Gasteiger charge is -2.13. The highest BCUT2D eigenvalue weighted by atomic mass is 15.1. The third kappa shape index (κ3) is 2.93. The van der Waals surface area contributed by atoms with E-state index in [4.69, 9.17) is 0 Å². The standard InChI is InChI=1S/C17H21N3/c1-20(2)17-10-9-15(12-19-17)18-11-14-5-3-4-6-16(14)13-7-8-13/h3-6,9-10,12-13,18H,7-8,11H2,1-2H3. The number of nitrogens with one attached hydrogen (secondary N) is 1. The number of hydrogen-bond acceptors (Lipinski definition) is 3. The molecule has 3 nitrogen and oxygen atoms in total. The summed E-state index contributed by atoms with van der Waals surface area (Å²) in [5.74, 6) is 1.77. The predicted molar refractivity (Wildman–Crippen MR) is 84.3 cm³/mol. The summed E-state index contributed by atoms with van der Waals surface area (Å²) in [5.41, 5.74) is 3.99. The quantitative estimate of drug-likeness (QED) is 0.896. The van der Waals surface area contributed by atoms with Gasteiger partial charge in [0.1, 0.15) is 5.82 Å². The number of hydrogen-bond donors (Lipinski definition) is 1. The van der Waals surface area contributed by atoms with Crippen LogP contribution in [-0.2, 0) is 6.54 Å². The average molecular weight is 267 g/mol. The molecule has 1 N–H and O–H groups in total. The first-order chi connectivity index (χ1) is 9.74. The second-order valence-corrected chi connectivity index (χ2v) is 5.63. The van der Waals surface area contributed by atoms with E-state index in [9.17, 15) is 0 Å². The minimum atomic E-state index is 0.794. The fraction of sp³-hybridized carbons (Fsp3) is 0.353. The normalized spacial score (nSPS) is 14.1. The van der Waals surface area contributed by atoms with Crippen molar-refractivity contribution in [2.75, 3.05) is 24.3 Å². The minimum Gasteiger partial charge on any atom is -0.380 e. The van der Waals surface area contributed by atoms with E-state index in [2.05, 4.69) is 40.6 Å². The van der Waals surface area contributed by atoms with Crippen molar-refractivity contribution in [1.82, 2.24) is 4.98 Å². The Morgan fingerprint density at radius 2 is 1.95 bits per heavy atom. The van der Waals surface area contributed by atoms with Crippen LogP contribution in [0.5, 0.6) is 0 Å². The molecule has 1 aromatic carbocycles. The summed E-state index contributed by atoms with van der Waals surface area (Å²) >= 11 is 0. The summed E-state index contributed by atoms with van der Waals surface area (Å²) < 4.78 is 0. The van der Waals surface area contributed by atoms with E-state index >= 15 is 0 Å². The third-order valence-electron chi connectivity index (χ3n) is 3.76. The van der Waals surface area contributed by atoms with Crippen LogP contribution in [0.15, 0.2) is 42.6 Å². The first-order valence-electron chi connectivity index (χ1n) is 7.19. The van der Waals surface area contributed by atoms with Crippen LogP contribution < -0.4 is 10.2 Å². The molecule has 1 aliphatic carbocycles. The minimum absolute atomic E-state index is 0.794. The van der Waals surface area contributed by atoms with Gasteiger partial charge >= 0.3 is 0 Å². The Morgan fingerprint density at radius 1 is 1.15 bits per heavy atom. The van der Waals surface area contributed by atoms with E-state index in [1.165, 1.54) is 24.0 Å². The first-order valence-corrected chi connectivity index (χ1v) is 7.19. The molecule has 0 spiro atoms. The number of rotatable bonds is 5. The van der Waals surface area contributed by atoms with E-state index in [-0.39, 0.29) is 0 Å². The van der Waals surface area contributed by atoms with Gasteiger partial charge in [0, 0.05) is 20.6 Å². The molecule has 104 valence electrons. The van der Waals surface area contributed by atoms with Crippen LogP contribution in [0, 0.1) is 0 Å². The molecule has 1 fully saturated rings. The highest BCUT2D eigenvalue weighted by Crippen LogP contribution is 2.41. The van der Waals surface area contributed by atoms with E-state index in [0.29, 0.717) is 0 Å². The van der Waals surface area contributed by atoms with Gasteiger partial charge in [-0.05, 0) is 42.0 Å². The van der Waals surface area contributed by atoms with Gasteiger partial charge in [-0.25, -0.2) is 4.98 Å². The molecule has 1 aliphatic rings. The van der Waals surface area contributed by atoms with Gasteiger partial charge in [0.05, 0.1) is 11.9 Å². The van der Waals surface area contributed by atoms with Crippen molar-refractivity contribution in [2.45, 2.75) is 25.3 Å². The van der Waals surface area contributed by atoms with Crippen LogP contribution in [0.4, 0.5) is 11.5 Å². The number of benzene rings is 1. The Balaban J connectivity index is 1.67. The largest absolute Gasteiger partial charge is 0.380 e. The van der Waals surface area contributed by atoms with Crippen molar-refractivity contribution in [1.29, 1.82) is 0 Å². The van der Waals surface area contributed by atoms with Crippen molar-refractivity contribution < 1.29 is 0 Å². The van der Waals surface area contributed by atoms with Gasteiger partial charge < -0.3 is 10.2 Å². The molecule has 2 aromatic rings. The van der Waals surface area contributed by atoms with Gasteiger partial charge in [-0.1, -0.05) is 24.3 Å². The fourth-order valence-corrected chi connectivity index (χ4v) is 2.44. The van der Waals surface area contributed by atoms with E-state index in [1.807, 2.05) is 31.3 Å². The average Bonchev–Trinajstić information content (AvgIpc) is 3.30. The Bertz CT molecular complexity index is 571. The molecule has 0 bridgehead atoms. The lowest BCUT2D eigenvalue weighted by molar-refractivity contribution is 1.03. The molecule has 3 heteroatoms. The Morgan fingerprint density at radius 3 is 2.60 bits per heavy atom. The molecule has 1 aromatic heterocycles. The first kappa shape index (κ1) is 13.0. The molecule has 0 aliphatic heterocycles. The summed E-state index contributed by atoms with van der Waals surface area (Å²) in [6.45, 7) is 0.871. The maximum absolute atomic E-state index is 4.42. The monoisotopic (exact) mass is 267 g/mol. The van der Waals surface area contributed by atoms with Crippen molar-refractivity contribution in [2.24, 2.45) is 0 Å². The van der Waals surface area contributed by atoms with E-state index in [0.717, 1.165) is 24.0 Å². The zero-order chi connectivity index (χ0) is 13.9. The third-order valence-corrected chi connectivity index (χ3v) is 3.76. The topological polar surface area (TPSA) is 28.2 Å². The molecule has 0 amide bonds. The SMILES string of the molecule is CN(C)c1ccc(NCc2ccccc2C2CC2)cn1. The van der Waals surface area contributed by atoms with Crippen LogP contribution in [0.1, 0.15) is 29.9 Å². The van der Waals surface area contributed by atoms with Crippen LogP contribution >= 0.6 is 0 Å². The second kappa shape index (κ2) is 5.53. The van der Waals surface area contributed by atoms with Crippen LogP contribution in [0.2, 0.25) is 0 Å². The summed E-state index contributed by atoms with van der Waals surface area (Å²) in [5, 5.41) is 3.47. The van der Waals surface area contributed by atoms with Crippen LogP contribution in [0.3, 0.4) is 0 Å². The predicted octanol–water partition coefficient (Wildman–Crippen LogP) is 3.64. The zero-order valence-corrected chi connectivity index (χ0v) is 12.1. The molecule has 3 rings (SSSR count). The molecular formula is C17H21N3. The summed E-state index contributed by atoms with van der Waals surface area (Å²) in [7, 11) is 4.00. The van der Waals surface area contributed by atoms with Gasteiger partial charge in [-0.15, -0.1) is 0 Å². The van der Waals surface area contributed by atoms with Gasteiger partial charge in [-0.2, -0.15) is 0 Å². The van der Waals surface area contributed by atoms with Crippen molar-refractivity contribution in [3.63, 3.8) is 0 Å². The van der Waals surface area contributed by atoms with Crippen LogP contribution in [-0.4, -0.2) is 19.1 Å². The lowest BCUT2D eigenvalue weighted by Crippen LogP contribution is -2.10. The van der Waals surface area contributed by atoms with E-state index in [1.54, 1.807) is 0 Å². The highest BCUT2D eigenvalue weighted by Gasteiger charge is 2.25. The van der Waals surface area contributed by atoms with Crippen molar-refractivity contribution in [3.8, 4) is 0 Å². The molecular weight excluding hydrogens is 246 g/mol. The Labute approximate surface area is 120 Å². The second-order valence-electron chi connectivity index (χ2n) is 5.63. The number of anilines is 2. The molecule has 0 radical (unpaired) electrons. The smallest absolute Gasteiger partial charge is 0.128 e. The number of aromatic nitrogens is 1. The van der Waals surface area contributed by atoms with Gasteiger partial charge in [0.25, 0.3) is 0 Å². The lowest BCUT2D eigenvalue weighted by atomic mass is 10.0.